The molecule has 0 aliphatic carbocycles. The minimum Gasteiger partial charge on any atom is -0.461 e. The summed E-state index contributed by atoms with van der Waals surface area (Å²) in [6.07, 6.45) is 10.8. The summed E-state index contributed by atoms with van der Waals surface area (Å²) in [6, 6.07) is 25.8. The maximum absolute atomic E-state index is 12.2. The molecule has 0 aliphatic heterocycles. The molecule has 0 heterocycles. The van der Waals surface area contributed by atoms with Crippen LogP contribution in [0.4, 0.5) is 0 Å². The normalized spacial score (nSPS) is 12.6. The molecule has 0 radical (unpaired) electrons. The number of hydrogen-bond donors (Lipinski definition) is 0. The lowest BCUT2D eigenvalue weighted by molar-refractivity contribution is -0.145. The first kappa shape index (κ1) is 39.7. The SMILES string of the molecule is CO[C@H](COCCCCCCCCCCCC(=O)OCc1c(C)cc(C)cc1C)CO[Si](c1ccccc1)(c1ccccc1)C(C)(C)C. The van der Waals surface area contributed by atoms with Crippen LogP contribution in [0.3, 0.4) is 0 Å². The summed E-state index contributed by atoms with van der Waals surface area (Å²) in [7, 11) is -0.842. The number of esters is 1. The number of methoxy groups -OCH3 is 1. The van der Waals surface area contributed by atoms with Crippen molar-refractivity contribution in [1.82, 2.24) is 0 Å². The fourth-order valence-electron chi connectivity index (χ4n) is 6.75. The molecule has 5 nitrogen and oxygen atoms in total. The van der Waals surface area contributed by atoms with Crippen LogP contribution in [0, 0.1) is 20.8 Å². The number of ether oxygens (including phenoxy) is 3. The second-order valence-corrected chi connectivity index (χ2v) is 18.7. The van der Waals surface area contributed by atoms with Gasteiger partial charge in [0.15, 0.2) is 0 Å². The molecule has 0 unspecified atom stereocenters. The highest BCUT2D eigenvalue weighted by atomic mass is 28.4. The Balaban J connectivity index is 1.26. The third-order valence-electron chi connectivity index (χ3n) is 9.43. The van der Waals surface area contributed by atoms with E-state index < -0.39 is 8.32 Å². The average molecular weight is 675 g/mol. The molecular weight excluding hydrogens is 613 g/mol. The lowest BCUT2D eigenvalue weighted by Crippen LogP contribution is -2.67. The van der Waals surface area contributed by atoms with E-state index in [-0.39, 0.29) is 17.1 Å². The van der Waals surface area contributed by atoms with Gasteiger partial charge in [-0.25, -0.2) is 0 Å². The molecule has 6 heteroatoms. The molecule has 0 spiro atoms. The number of rotatable bonds is 22. The van der Waals surface area contributed by atoms with E-state index in [1.807, 2.05) is 0 Å². The van der Waals surface area contributed by atoms with E-state index in [9.17, 15) is 4.79 Å². The Morgan fingerprint density at radius 2 is 1.21 bits per heavy atom. The minimum atomic E-state index is -2.59. The molecule has 0 aliphatic rings. The van der Waals surface area contributed by atoms with Gasteiger partial charge in [-0.2, -0.15) is 0 Å². The van der Waals surface area contributed by atoms with Gasteiger partial charge in [-0.3, -0.25) is 4.79 Å². The average Bonchev–Trinajstić information content (AvgIpc) is 3.06. The highest BCUT2D eigenvalue weighted by Gasteiger charge is 2.50. The number of unbranched alkanes of at least 4 members (excludes halogenated alkanes) is 8. The third-order valence-corrected chi connectivity index (χ3v) is 14.4. The lowest BCUT2D eigenvalue weighted by Gasteiger charge is -2.43. The molecule has 48 heavy (non-hydrogen) atoms. The monoisotopic (exact) mass is 674 g/mol. The zero-order valence-electron chi connectivity index (χ0n) is 30.9. The van der Waals surface area contributed by atoms with Crippen LogP contribution in [-0.2, 0) is 30.0 Å². The van der Waals surface area contributed by atoms with Crippen LogP contribution in [0.25, 0.3) is 0 Å². The van der Waals surface area contributed by atoms with Crippen molar-refractivity contribution >= 4 is 24.7 Å². The standard InChI is InChI=1S/C42H62O5Si/c1-34-29-35(2)40(36(3)30-34)33-46-41(43)27-21-13-11-9-8-10-12-14-22-28-45-31-37(44-7)32-47-48(42(4,5)6,38-23-17-15-18-24-38)39-25-19-16-20-26-39/h15-20,23-26,29-30,37H,8-14,21-22,27-28,31-33H2,1-7H3/t37-/m1/s1. The summed E-state index contributed by atoms with van der Waals surface area (Å²) < 4.78 is 24.5. The molecular formula is C42H62O5Si. The van der Waals surface area contributed by atoms with Crippen molar-refractivity contribution in [2.45, 2.75) is 123 Å². The van der Waals surface area contributed by atoms with Crippen LogP contribution in [0.15, 0.2) is 72.8 Å². The van der Waals surface area contributed by atoms with Gasteiger partial charge in [-0.1, -0.05) is 144 Å². The van der Waals surface area contributed by atoms with Gasteiger partial charge in [-0.05, 0) is 65.7 Å². The zero-order valence-corrected chi connectivity index (χ0v) is 31.9. The van der Waals surface area contributed by atoms with Crippen molar-refractivity contribution in [2.75, 3.05) is 26.9 Å². The summed E-state index contributed by atoms with van der Waals surface area (Å²) >= 11 is 0. The fraction of sp³-hybridized carbons (Fsp3) is 0.548. The highest BCUT2D eigenvalue weighted by molar-refractivity contribution is 6.99. The van der Waals surface area contributed by atoms with Crippen LogP contribution in [-0.4, -0.2) is 47.3 Å². The third kappa shape index (κ3) is 12.3. The Morgan fingerprint density at radius 3 is 1.71 bits per heavy atom. The van der Waals surface area contributed by atoms with Crippen LogP contribution in [0.5, 0.6) is 0 Å². The second-order valence-electron chi connectivity index (χ2n) is 14.4. The minimum absolute atomic E-state index is 0.0659. The molecule has 0 fully saturated rings. The van der Waals surface area contributed by atoms with Crippen LogP contribution in [0.1, 0.15) is 107 Å². The van der Waals surface area contributed by atoms with Gasteiger partial charge >= 0.3 is 5.97 Å². The van der Waals surface area contributed by atoms with E-state index in [0.717, 1.165) is 31.4 Å². The van der Waals surface area contributed by atoms with Gasteiger partial charge in [0.2, 0.25) is 0 Å². The number of carbonyl (C=O) groups is 1. The van der Waals surface area contributed by atoms with Crippen molar-refractivity contribution < 1.29 is 23.4 Å². The number of benzene rings is 3. The first-order valence-corrected chi connectivity index (χ1v) is 20.1. The molecule has 3 rings (SSSR count). The predicted octanol–water partition coefficient (Wildman–Crippen LogP) is 9.16. The summed E-state index contributed by atoms with van der Waals surface area (Å²) in [5.74, 6) is -0.0832. The Morgan fingerprint density at radius 1 is 0.708 bits per heavy atom. The highest BCUT2D eigenvalue weighted by Crippen LogP contribution is 2.37. The summed E-state index contributed by atoms with van der Waals surface area (Å²) in [4.78, 5) is 12.2. The van der Waals surface area contributed by atoms with Crippen molar-refractivity contribution in [3.63, 3.8) is 0 Å². The second kappa shape index (κ2) is 20.7. The van der Waals surface area contributed by atoms with Crippen molar-refractivity contribution in [1.29, 1.82) is 0 Å². The molecule has 3 aromatic carbocycles. The zero-order chi connectivity index (χ0) is 34.8. The Bertz CT molecular complexity index is 1270. The molecule has 264 valence electrons. The van der Waals surface area contributed by atoms with Gasteiger partial charge in [0.1, 0.15) is 12.7 Å². The number of hydrogen-bond acceptors (Lipinski definition) is 5. The molecule has 0 aromatic heterocycles. The Kier molecular flexibility index (Phi) is 17.1. The van der Waals surface area contributed by atoms with Gasteiger partial charge in [-0.15, -0.1) is 0 Å². The summed E-state index contributed by atoms with van der Waals surface area (Å²) in [5.41, 5.74) is 4.77. The lowest BCUT2D eigenvalue weighted by atomic mass is 10.0. The van der Waals surface area contributed by atoms with E-state index in [4.69, 9.17) is 18.6 Å². The van der Waals surface area contributed by atoms with Crippen molar-refractivity contribution in [3.05, 3.63) is 95.1 Å². The topological polar surface area (TPSA) is 54.0 Å². The maximum Gasteiger partial charge on any atom is 0.306 e. The van der Waals surface area contributed by atoms with Gasteiger partial charge in [0.05, 0.1) is 13.2 Å². The summed E-state index contributed by atoms with van der Waals surface area (Å²) in [6.45, 7) is 15.3. The molecule has 0 amide bonds. The van der Waals surface area contributed by atoms with Gasteiger partial charge in [0.25, 0.3) is 8.32 Å². The smallest absolute Gasteiger partial charge is 0.306 e. The molecule has 0 saturated carbocycles. The number of carbonyl (C=O) groups excluding carboxylic acids is 1. The fourth-order valence-corrected chi connectivity index (χ4v) is 11.3. The first-order chi connectivity index (χ1) is 23.1. The molecule has 0 bridgehead atoms. The quantitative estimate of drug-likeness (QED) is 0.0605. The molecule has 0 saturated heterocycles. The first-order valence-electron chi connectivity index (χ1n) is 18.2. The van der Waals surface area contributed by atoms with E-state index in [2.05, 4.69) is 114 Å². The van der Waals surface area contributed by atoms with E-state index in [1.165, 1.54) is 65.6 Å². The maximum atomic E-state index is 12.2. The van der Waals surface area contributed by atoms with Crippen LogP contribution in [0.2, 0.25) is 5.04 Å². The molecule has 0 N–H and O–H groups in total. The van der Waals surface area contributed by atoms with E-state index in [0.29, 0.717) is 26.2 Å². The Labute approximate surface area is 292 Å². The van der Waals surface area contributed by atoms with Crippen molar-refractivity contribution in [3.8, 4) is 0 Å². The van der Waals surface area contributed by atoms with E-state index >= 15 is 0 Å². The van der Waals surface area contributed by atoms with Crippen LogP contribution < -0.4 is 10.4 Å². The van der Waals surface area contributed by atoms with Crippen molar-refractivity contribution in [2.24, 2.45) is 0 Å². The van der Waals surface area contributed by atoms with Crippen LogP contribution >= 0.6 is 0 Å². The molecule has 3 aromatic rings. The summed E-state index contributed by atoms with van der Waals surface area (Å²) in [5, 5.41) is 2.49. The number of aryl methyl sites for hydroxylation is 3. The Hall–Kier alpha value is -2.77. The molecule has 1 atom stereocenters. The van der Waals surface area contributed by atoms with Gasteiger partial charge in [0, 0.05) is 20.1 Å². The predicted molar refractivity (Wildman–Crippen MR) is 202 cm³/mol. The van der Waals surface area contributed by atoms with E-state index in [1.54, 1.807) is 7.11 Å². The van der Waals surface area contributed by atoms with Gasteiger partial charge < -0.3 is 18.6 Å². The largest absolute Gasteiger partial charge is 0.461 e.